The molecule has 1 fully saturated rings. The van der Waals surface area contributed by atoms with Gasteiger partial charge in [-0.05, 0) is 40.9 Å². The third-order valence-corrected chi connectivity index (χ3v) is 5.74. The van der Waals surface area contributed by atoms with E-state index in [2.05, 4.69) is 21.2 Å². The van der Waals surface area contributed by atoms with Crippen LogP contribution in [0.4, 0.5) is 5.69 Å². The van der Waals surface area contributed by atoms with Gasteiger partial charge in [-0.15, -0.1) is 0 Å². The molecule has 0 aliphatic carbocycles. The summed E-state index contributed by atoms with van der Waals surface area (Å²) in [6.07, 6.45) is 1.95. The van der Waals surface area contributed by atoms with Gasteiger partial charge in [0.05, 0.1) is 17.9 Å². The Morgan fingerprint density at radius 3 is 2.50 bits per heavy atom. The van der Waals surface area contributed by atoms with Crippen molar-refractivity contribution in [3.63, 3.8) is 0 Å². The van der Waals surface area contributed by atoms with E-state index in [1.54, 1.807) is 18.2 Å². The van der Waals surface area contributed by atoms with Crippen LogP contribution in [0.1, 0.15) is 12.8 Å². The van der Waals surface area contributed by atoms with Crippen molar-refractivity contribution >= 4 is 43.5 Å². The number of hydrogen-bond donors (Lipinski definition) is 1. The molecule has 132 valence electrons. The van der Waals surface area contributed by atoms with E-state index in [1.807, 2.05) is 6.07 Å². The molecule has 0 unspecified atom stereocenters. The maximum atomic E-state index is 12.0. The molecular weight excluding hydrogens is 400 g/mol. The summed E-state index contributed by atoms with van der Waals surface area (Å²) in [5, 5.41) is 2.64. The Morgan fingerprint density at radius 2 is 1.92 bits per heavy atom. The monoisotopic (exact) mass is 418 g/mol. The fraction of sp³-hybridized carbons (Fsp3) is 0.467. The lowest BCUT2D eigenvalue weighted by Gasteiger charge is -2.28. The minimum Gasteiger partial charge on any atom is -0.455 e. The Hall–Kier alpha value is -1.45. The predicted octanol–water partition coefficient (Wildman–Crippen LogP) is 1.60. The molecular formula is C15H19BrN2O5S. The van der Waals surface area contributed by atoms with Gasteiger partial charge >= 0.3 is 5.97 Å². The second-order valence-electron chi connectivity index (χ2n) is 5.57. The molecule has 1 amide bonds. The van der Waals surface area contributed by atoms with E-state index < -0.39 is 21.9 Å². The van der Waals surface area contributed by atoms with Crippen LogP contribution in [-0.2, 0) is 24.3 Å². The van der Waals surface area contributed by atoms with E-state index in [0.717, 1.165) is 10.7 Å². The third-order valence-electron chi connectivity index (χ3n) is 3.75. The van der Waals surface area contributed by atoms with Gasteiger partial charge in [-0.25, -0.2) is 12.7 Å². The van der Waals surface area contributed by atoms with E-state index >= 15 is 0 Å². The highest BCUT2D eigenvalue weighted by Crippen LogP contribution is 2.22. The summed E-state index contributed by atoms with van der Waals surface area (Å²) < 4.78 is 30.0. The molecule has 1 heterocycles. The summed E-state index contributed by atoms with van der Waals surface area (Å²) in [5.74, 6) is -1.27. The summed E-state index contributed by atoms with van der Waals surface area (Å²) >= 11 is 3.31. The topological polar surface area (TPSA) is 92.8 Å². The molecule has 9 heteroatoms. The molecule has 0 spiro atoms. The van der Waals surface area contributed by atoms with Crippen molar-refractivity contribution in [2.45, 2.75) is 12.8 Å². The number of esters is 1. The Kier molecular flexibility index (Phi) is 6.36. The predicted molar refractivity (Wildman–Crippen MR) is 92.9 cm³/mol. The molecule has 0 aromatic heterocycles. The Balaban J connectivity index is 1.77. The number of nitrogens with zero attached hydrogens (tertiary/aromatic N) is 1. The zero-order valence-corrected chi connectivity index (χ0v) is 15.6. The van der Waals surface area contributed by atoms with E-state index in [9.17, 15) is 18.0 Å². The van der Waals surface area contributed by atoms with Crippen LogP contribution in [0.2, 0.25) is 0 Å². The van der Waals surface area contributed by atoms with Crippen LogP contribution in [0.25, 0.3) is 0 Å². The summed E-state index contributed by atoms with van der Waals surface area (Å²) in [4.78, 5) is 23.8. The smallest absolute Gasteiger partial charge is 0.309 e. The van der Waals surface area contributed by atoms with Crippen molar-refractivity contribution < 1.29 is 22.7 Å². The van der Waals surface area contributed by atoms with Gasteiger partial charge < -0.3 is 10.1 Å². The number of para-hydroxylation sites is 1. The number of halogens is 1. The summed E-state index contributed by atoms with van der Waals surface area (Å²) in [6.45, 7) is 0.218. The quantitative estimate of drug-likeness (QED) is 0.732. The largest absolute Gasteiger partial charge is 0.455 e. The fourth-order valence-electron chi connectivity index (χ4n) is 2.43. The molecule has 1 aromatic carbocycles. The lowest BCUT2D eigenvalue weighted by atomic mass is 9.98. The molecule has 0 radical (unpaired) electrons. The first kappa shape index (κ1) is 18.9. The van der Waals surface area contributed by atoms with Crippen molar-refractivity contribution in [2.75, 3.05) is 31.3 Å². The Labute approximate surface area is 149 Å². The normalized spacial score (nSPS) is 16.6. The van der Waals surface area contributed by atoms with Gasteiger partial charge in [-0.2, -0.15) is 0 Å². The lowest BCUT2D eigenvalue weighted by molar-refractivity contribution is -0.152. The molecule has 1 N–H and O–H groups in total. The number of benzene rings is 1. The Morgan fingerprint density at radius 1 is 1.29 bits per heavy atom. The van der Waals surface area contributed by atoms with Gasteiger partial charge in [0.15, 0.2) is 6.61 Å². The Bertz CT molecular complexity index is 714. The van der Waals surface area contributed by atoms with Crippen LogP contribution < -0.4 is 5.32 Å². The number of ether oxygens (including phenoxy) is 1. The number of carbonyl (C=O) groups is 2. The number of anilines is 1. The van der Waals surface area contributed by atoms with Gasteiger partial charge in [0, 0.05) is 17.6 Å². The molecule has 0 bridgehead atoms. The van der Waals surface area contributed by atoms with E-state index in [-0.39, 0.29) is 12.5 Å². The number of hydrogen-bond acceptors (Lipinski definition) is 5. The molecule has 1 aromatic rings. The minimum absolute atomic E-state index is 0.293. The second-order valence-corrected chi connectivity index (χ2v) is 8.41. The van der Waals surface area contributed by atoms with Crippen LogP contribution in [-0.4, -0.2) is 50.6 Å². The van der Waals surface area contributed by atoms with Crippen molar-refractivity contribution in [3.05, 3.63) is 28.7 Å². The number of sulfonamides is 1. The van der Waals surface area contributed by atoms with Crippen LogP contribution in [0.3, 0.4) is 0 Å². The highest BCUT2D eigenvalue weighted by molar-refractivity contribution is 9.10. The van der Waals surface area contributed by atoms with Crippen LogP contribution in [0.5, 0.6) is 0 Å². The van der Waals surface area contributed by atoms with Gasteiger partial charge in [0.2, 0.25) is 10.0 Å². The summed E-state index contributed by atoms with van der Waals surface area (Å²) in [5.41, 5.74) is 0.597. The van der Waals surface area contributed by atoms with Crippen molar-refractivity contribution in [3.8, 4) is 0 Å². The molecule has 1 saturated heterocycles. The van der Waals surface area contributed by atoms with Crippen molar-refractivity contribution in [1.29, 1.82) is 0 Å². The first-order valence-corrected chi connectivity index (χ1v) is 10.1. The highest BCUT2D eigenvalue weighted by atomic mass is 79.9. The number of nitrogens with one attached hydrogen (secondary N) is 1. The molecule has 0 saturated carbocycles. The molecule has 7 nitrogen and oxygen atoms in total. The van der Waals surface area contributed by atoms with Crippen molar-refractivity contribution in [1.82, 2.24) is 4.31 Å². The molecule has 1 aliphatic rings. The number of amides is 1. The zero-order chi connectivity index (χ0) is 17.7. The van der Waals surface area contributed by atoms with E-state index in [1.165, 1.54) is 4.31 Å². The van der Waals surface area contributed by atoms with Crippen LogP contribution >= 0.6 is 15.9 Å². The molecule has 0 atom stereocenters. The van der Waals surface area contributed by atoms with Crippen LogP contribution in [0.15, 0.2) is 28.7 Å². The van der Waals surface area contributed by atoms with Crippen LogP contribution in [0, 0.1) is 5.92 Å². The second kappa shape index (κ2) is 8.09. The third kappa shape index (κ3) is 5.29. The summed E-state index contributed by atoms with van der Waals surface area (Å²) in [6, 6.07) is 7.12. The average Bonchev–Trinajstić information content (AvgIpc) is 2.54. The molecule has 1 aliphatic heterocycles. The minimum atomic E-state index is -3.23. The standard InChI is InChI=1S/C15H19BrN2O5S/c1-24(21,22)18-8-6-11(7-9-18)15(20)23-10-14(19)17-13-5-3-2-4-12(13)16/h2-5,11H,6-10H2,1H3,(H,17,19). The maximum absolute atomic E-state index is 12.0. The zero-order valence-electron chi connectivity index (χ0n) is 13.2. The fourth-order valence-corrected chi connectivity index (χ4v) is 3.68. The first-order chi connectivity index (χ1) is 11.3. The van der Waals surface area contributed by atoms with Crippen molar-refractivity contribution in [2.24, 2.45) is 5.92 Å². The van der Waals surface area contributed by atoms with Gasteiger partial charge in [0.25, 0.3) is 5.91 Å². The maximum Gasteiger partial charge on any atom is 0.309 e. The van der Waals surface area contributed by atoms with Gasteiger partial charge in [-0.3, -0.25) is 9.59 Å². The highest BCUT2D eigenvalue weighted by Gasteiger charge is 2.30. The van der Waals surface area contributed by atoms with Gasteiger partial charge in [0.1, 0.15) is 0 Å². The molecule has 24 heavy (non-hydrogen) atoms. The number of carbonyl (C=O) groups excluding carboxylic acids is 2. The number of piperidine rings is 1. The van der Waals surface area contributed by atoms with Gasteiger partial charge in [-0.1, -0.05) is 12.1 Å². The first-order valence-electron chi connectivity index (χ1n) is 7.43. The van der Waals surface area contributed by atoms with E-state index in [4.69, 9.17) is 4.74 Å². The lowest BCUT2D eigenvalue weighted by Crippen LogP contribution is -2.40. The average molecular weight is 419 g/mol. The summed E-state index contributed by atoms with van der Waals surface area (Å²) in [7, 11) is -3.23. The van der Waals surface area contributed by atoms with E-state index in [0.29, 0.717) is 31.6 Å². The SMILES string of the molecule is CS(=O)(=O)N1CCC(C(=O)OCC(=O)Nc2ccccc2Br)CC1. The number of rotatable bonds is 5. The molecule has 2 rings (SSSR count).